The molecule has 0 fully saturated rings. The van der Waals surface area contributed by atoms with E-state index >= 15 is 0 Å². The minimum Gasteiger partial charge on any atom is -0.366 e. The molecule has 0 spiro atoms. The number of hydrogen-bond donors (Lipinski definition) is 2. The van der Waals surface area contributed by atoms with E-state index in [4.69, 9.17) is 11.5 Å². The van der Waals surface area contributed by atoms with E-state index < -0.39 is 17.6 Å². The van der Waals surface area contributed by atoms with Gasteiger partial charge in [0.25, 0.3) is 5.91 Å². The van der Waals surface area contributed by atoms with Crippen LogP contribution in [-0.2, 0) is 6.18 Å². The molecule has 0 aliphatic rings. The number of nitrogens with zero attached hydrogens (tertiary/aromatic N) is 3. The highest BCUT2D eigenvalue weighted by Crippen LogP contribution is 2.31. The first-order valence-electron chi connectivity index (χ1n) is 4.97. The molecule has 2 rings (SSSR count). The molecule has 0 radical (unpaired) electrons. The fraction of sp³-hybridized carbons (Fsp3) is 0.100. The topological polar surface area (TPSA) is 99.8 Å². The minimum absolute atomic E-state index is 0.0738. The molecule has 2 aromatic rings. The van der Waals surface area contributed by atoms with Gasteiger partial charge in [-0.3, -0.25) is 4.79 Å². The average molecular weight is 271 g/mol. The molecule has 0 atom stereocenters. The number of nitrogen functional groups attached to an aromatic ring is 1. The molecule has 0 saturated heterocycles. The Hall–Kier alpha value is -2.58. The van der Waals surface area contributed by atoms with E-state index in [0.29, 0.717) is 6.07 Å². The van der Waals surface area contributed by atoms with Crippen LogP contribution in [0.2, 0.25) is 0 Å². The zero-order chi connectivity index (χ0) is 14.2. The zero-order valence-electron chi connectivity index (χ0n) is 9.35. The minimum atomic E-state index is -4.57. The van der Waals surface area contributed by atoms with E-state index in [1.807, 2.05) is 0 Å². The predicted molar refractivity (Wildman–Crippen MR) is 59.3 cm³/mol. The third kappa shape index (κ3) is 2.49. The molecule has 19 heavy (non-hydrogen) atoms. The first-order chi connectivity index (χ1) is 8.79. The van der Waals surface area contributed by atoms with Crippen LogP contribution in [0, 0.1) is 0 Å². The summed E-state index contributed by atoms with van der Waals surface area (Å²) in [5.41, 5.74) is 9.15. The molecule has 1 aromatic heterocycles. The summed E-state index contributed by atoms with van der Waals surface area (Å²) in [7, 11) is 0. The second-order valence-electron chi connectivity index (χ2n) is 3.64. The molecule has 0 unspecified atom stereocenters. The van der Waals surface area contributed by atoms with Gasteiger partial charge in [0.2, 0.25) is 5.95 Å². The molecule has 6 nitrogen and oxygen atoms in total. The van der Waals surface area contributed by atoms with Gasteiger partial charge in [-0.05, 0) is 18.2 Å². The van der Waals surface area contributed by atoms with Gasteiger partial charge in [0.1, 0.15) is 6.33 Å². The number of primary amides is 1. The molecule has 9 heteroatoms. The summed E-state index contributed by atoms with van der Waals surface area (Å²) >= 11 is 0. The molecule has 1 amide bonds. The van der Waals surface area contributed by atoms with Crippen molar-refractivity contribution in [3.63, 3.8) is 0 Å². The molecule has 1 heterocycles. The van der Waals surface area contributed by atoms with Crippen LogP contribution in [0.25, 0.3) is 5.69 Å². The number of carbonyl (C=O) groups is 1. The third-order valence-corrected chi connectivity index (χ3v) is 2.35. The van der Waals surface area contributed by atoms with Gasteiger partial charge in [-0.2, -0.15) is 13.2 Å². The highest BCUT2D eigenvalue weighted by molar-refractivity contribution is 5.96. The second-order valence-corrected chi connectivity index (χ2v) is 3.64. The van der Waals surface area contributed by atoms with Crippen LogP contribution < -0.4 is 11.5 Å². The lowest BCUT2D eigenvalue weighted by molar-refractivity contribution is -0.137. The number of carbonyl (C=O) groups excluding carboxylic acids is 1. The van der Waals surface area contributed by atoms with Gasteiger partial charge in [0.05, 0.1) is 16.8 Å². The van der Waals surface area contributed by atoms with Crippen LogP contribution in [0.1, 0.15) is 15.9 Å². The highest BCUT2D eigenvalue weighted by Gasteiger charge is 2.31. The van der Waals surface area contributed by atoms with Crippen molar-refractivity contribution in [2.45, 2.75) is 6.18 Å². The Morgan fingerprint density at radius 2 is 2.00 bits per heavy atom. The maximum atomic E-state index is 12.6. The summed E-state index contributed by atoms with van der Waals surface area (Å²) in [6.07, 6.45) is -3.39. The van der Waals surface area contributed by atoms with Crippen LogP contribution in [0.15, 0.2) is 24.5 Å². The van der Waals surface area contributed by atoms with E-state index in [9.17, 15) is 18.0 Å². The van der Waals surface area contributed by atoms with Crippen LogP contribution in [-0.4, -0.2) is 20.7 Å². The zero-order valence-corrected chi connectivity index (χ0v) is 9.35. The monoisotopic (exact) mass is 271 g/mol. The summed E-state index contributed by atoms with van der Waals surface area (Å²) in [4.78, 5) is 14.9. The van der Waals surface area contributed by atoms with Gasteiger partial charge in [-0.25, -0.2) is 9.67 Å². The normalized spacial score (nSPS) is 11.5. The predicted octanol–water partition coefficient (Wildman–Crippen LogP) is 0.967. The first kappa shape index (κ1) is 12.9. The van der Waals surface area contributed by atoms with E-state index in [1.165, 1.54) is 6.33 Å². The number of alkyl halides is 3. The van der Waals surface area contributed by atoms with E-state index in [-0.39, 0.29) is 17.2 Å². The van der Waals surface area contributed by atoms with Gasteiger partial charge >= 0.3 is 6.18 Å². The molecule has 0 bridgehead atoms. The summed E-state index contributed by atoms with van der Waals surface area (Å²) in [5.74, 6) is -1.08. The molecular weight excluding hydrogens is 263 g/mol. The standard InChI is InChI=1S/C10H8F3N5O/c11-10(12,13)5-1-2-7(6(3-5)8(14)19)18-4-16-9(15)17-18/h1-4H,(H2,14,19)(H2,15,17). The van der Waals surface area contributed by atoms with Crippen LogP contribution in [0.4, 0.5) is 19.1 Å². The van der Waals surface area contributed by atoms with Crippen molar-refractivity contribution in [2.75, 3.05) is 5.73 Å². The van der Waals surface area contributed by atoms with Crippen LogP contribution in [0.3, 0.4) is 0 Å². The van der Waals surface area contributed by atoms with Gasteiger partial charge in [-0.1, -0.05) is 0 Å². The summed E-state index contributed by atoms with van der Waals surface area (Å²) < 4.78 is 38.8. The Morgan fingerprint density at radius 1 is 1.32 bits per heavy atom. The lowest BCUT2D eigenvalue weighted by Gasteiger charge is -2.11. The fourth-order valence-corrected chi connectivity index (χ4v) is 1.50. The average Bonchev–Trinajstić information content (AvgIpc) is 2.73. The van der Waals surface area contributed by atoms with Crippen molar-refractivity contribution in [1.29, 1.82) is 0 Å². The quantitative estimate of drug-likeness (QED) is 0.849. The number of nitrogens with two attached hydrogens (primary N) is 2. The van der Waals surface area contributed by atoms with Gasteiger partial charge < -0.3 is 11.5 Å². The Balaban J connectivity index is 2.60. The number of aromatic nitrogens is 3. The molecule has 0 saturated carbocycles. The van der Waals surface area contributed by atoms with E-state index in [0.717, 1.165) is 16.8 Å². The largest absolute Gasteiger partial charge is 0.416 e. The Bertz CT molecular complexity index is 634. The summed E-state index contributed by atoms with van der Waals surface area (Å²) in [6, 6.07) is 2.56. The number of rotatable bonds is 2. The van der Waals surface area contributed by atoms with Crippen molar-refractivity contribution >= 4 is 11.9 Å². The lowest BCUT2D eigenvalue weighted by Crippen LogP contribution is -2.17. The van der Waals surface area contributed by atoms with Gasteiger partial charge in [0.15, 0.2) is 0 Å². The smallest absolute Gasteiger partial charge is 0.366 e. The fourth-order valence-electron chi connectivity index (χ4n) is 1.50. The number of anilines is 1. The van der Waals surface area contributed by atoms with Crippen LogP contribution >= 0.6 is 0 Å². The molecule has 100 valence electrons. The first-order valence-corrected chi connectivity index (χ1v) is 4.97. The molecule has 4 N–H and O–H groups in total. The maximum absolute atomic E-state index is 12.6. The Labute approximate surface area is 104 Å². The number of halogens is 3. The summed E-state index contributed by atoms with van der Waals surface area (Å²) in [6.45, 7) is 0. The van der Waals surface area contributed by atoms with Crippen molar-refractivity contribution in [3.8, 4) is 5.69 Å². The SMILES string of the molecule is NC(=O)c1cc(C(F)(F)F)ccc1-n1cnc(N)n1. The summed E-state index contributed by atoms with van der Waals surface area (Å²) in [5, 5.41) is 3.71. The van der Waals surface area contributed by atoms with Gasteiger partial charge in [0, 0.05) is 0 Å². The Kier molecular flexibility index (Phi) is 2.89. The number of amides is 1. The number of benzene rings is 1. The molecule has 1 aromatic carbocycles. The van der Waals surface area contributed by atoms with Crippen molar-refractivity contribution < 1.29 is 18.0 Å². The highest BCUT2D eigenvalue weighted by atomic mass is 19.4. The van der Waals surface area contributed by atoms with Crippen molar-refractivity contribution in [3.05, 3.63) is 35.7 Å². The van der Waals surface area contributed by atoms with Gasteiger partial charge in [-0.15, -0.1) is 5.10 Å². The molecule has 0 aliphatic carbocycles. The van der Waals surface area contributed by atoms with E-state index in [1.54, 1.807) is 0 Å². The number of hydrogen-bond acceptors (Lipinski definition) is 4. The maximum Gasteiger partial charge on any atom is 0.416 e. The van der Waals surface area contributed by atoms with Crippen LogP contribution in [0.5, 0.6) is 0 Å². The third-order valence-electron chi connectivity index (χ3n) is 2.35. The second kappa shape index (κ2) is 4.26. The van der Waals surface area contributed by atoms with Crippen molar-refractivity contribution in [2.24, 2.45) is 5.73 Å². The van der Waals surface area contributed by atoms with Crippen molar-refractivity contribution in [1.82, 2.24) is 14.8 Å². The van der Waals surface area contributed by atoms with E-state index in [2.05, 4.69) is 10.1 Å². The lowest BCUT2D eigenvalue weighted by atomic mass is 10.1. The molecule has 0 aliphatic heterocycles. The Morgan fingerprint density at radius 3 is 2.47 bits per heavy atom. The molecular formula is C10H8F3N5O.